The van der Waals surface area contributed by atoms with Crippen LogP contribution in [0.15, 0.2) is 12.1 Å². The van der Waals surface area contributed by atoms with Crippen molar-refractivity contribution in [3.8, 4) is 5.69 Å². The quantitative estimate of drug-likeness (QED) is 0.692. The minimum Gasteiger partial charge on any atom is -0.478 e. The standard InChI is InChI=1S/C12H9F2N3O4/c1-5-9(12(18)19)6(2)16(15-5)11-8(17(20)21)4-3-7(13)10(11)14/h3-4H,1-2H3,(H,18,19). The number of rotatable bonds is 3. The number of aryl methyl sites for hydroxylation is 1. The molecule has 2 aromatic rings. The van der Waals surface area contributed by atoms with Gasteiger partial charge in [-0.15, -0.1) is 0 Å². The van der Waals surface area contributed by atoms with Crippen LogP contribution in [0.2, 0.25) is 0 Å². The number of nitro groups is 1. The predicted octanol–water partition coefficient (Wildman–Crippen LogP) is 2.37. The summed E-state index contributed by atoms with van der Waals surface area (Å²) in [7, 11) is 0. The van der Waals surface area contributed by atoms with Gasteiger partial charge in [-0.2, -0.15) is 5.10 Å². The van der Waals surface area contributed by atoms with Gasteiger partial charge in [0.1, 0.15) is 5.56 Å². The van der Waals surface area contributed by atoms with Gasteiger partial charge in [-0.25, -0.2) is 18.3 Å². The summed E-state index contributed by atoms with van der Waals surface area (Å²) in [4.78, 5) is 21.2. The lowest BCUT2D eigenvalue weighted by Gasteiger charge is -2.07. The van der Waals surface area contributed by atoms with E-state index in [0.29, 0.717) is 6.07 Å². The number of carboxylic acids is 1. The number of aromatic carboxylic acids is 1. The lowest BCUT2D eigenvalue weighted by atomic mass is 10.2. The van der Waals surface area contributed by atoms with Crippen LogP contribution in [0, 0.1) is 35.6 Å². The first kappa shape index (κ1) is 14.6. The van der Waals surface area contributed by atoms with Gasteiger partial charge in [0.2, 0.25) is 0 Å². The second-order valence-electron chi connectivity index (χ2n) is 4.25. The minimum absolute atomic E-state index is 0.0346. The normalized spacial score (nSPS) is 10.7. The summed E-state index contributed by atoms with van der Waals surface area (Å²) in [5, 5.41) is 23.8. The van der Waals surface area contributed by atoms with Crippen LogP contribution in [0.25, 0.3) is 5.69 Å². The Hall–Kier alpha value is -2.84. The highest BCUT2D eigenvalue weighted by molar-refractivity contribution is 5.90. The van der Waals surface area contributed by atoms with Crippen molar-refractivity contribution in [3.05, 3.63) is 50.8 Å². The molecule has 0 aliphatic rings. The van der Waals surface area contributed by atoms with E-state index >= 15 is 0 Å². The second kappa shape index (κ2) is 4.93. The Morgan fingerprint density at radius 1 is 1.38 bits per heavy atom. The largest absolute Gasteiger partial charge is 0.478 e. The maximum atomic E-state index is 13.9. The molecule has 0 bridgehead atoms. The van der Waals surface area contributed by atoms with Gasteiger partial charge in [0.05, 0.1) is 16.3 Å². The van der Waals surface area contributed by atoms with E-state index < -0.39 is 33.9 Å². The Morgan fingerprint density at radius 3 is 2.48 bits per heavy atom. The smallest absolute Gasteiger partial charge is 0.339 e. The third-order valence-electron chi connectivity index (χ3n) is 2.96. The van der Waals surface area contributed by atoms with Gasteiger partial charge in [0.25, 0.3) is 5.69 Å². The van der Waals surface area contributed by atoms with E-state index in [1.54, 1.807) is 0 Å². The molecular formula is C12H9F2N3O4. The molecule has 2 rings (SSSR count). The molecule has 1 aromatic carbocycles. The molecule has 0 saturated heterocycles. The summed E-state index contributed by atoms with van der Waals surface area (Å²) >= 11 is 0. The van der Waals surface area contributed by atoms with E-state index in [4.69, 9.17) is 5.11 Å². The molecule has 0 atom stereocenters. The van der Waals surface area contributed by atoms with Gasteiger partial charge in [-0.3, -0.25) is 10.1 Å². The van der Waals surface area contributed by atoms with Crippen molar-refractivity contribution in [1.82, 2.24) is 9.78 Å². The summed E-state index contributed by atoms with van der Waals surface area (Å²) < 4.78 is 28.0. The number of carboxylic acid groups (broad SMARTS) is 1. The van der Waals surface area contributed by atoms with Crippen molar-refractivity contribution < 1.29 is 23.6 Å². The predicted molar refractivity (Wildman–Crippen MR) is 66.6 cm³/mol. The van der Waals surface area contributed by atoms with Crippen molar-refractivity contribution >= 4 is 11.7 Å². The Bertz CT molecular complexity index is 770. The summed E-state index contributed by atoms with van der Waals surface area (Å²) in [6.45, 7) is 2.66. The summed E-state index contributed by atoms with van der Waals surface area (Å²) in [6.07, 6.45) is 0. The van der Waals surface area contributed by atoms with Crippen molar-refractivity contribution in [2.75, 3.05) is 0 Å². The van der Waals surface area contributed by atoms with Gasteiger partial charge >= 0.3 is 5.97 Å². The van der Waals surface area contributed by atoms with Gasteiger partial charge in [-0.1, -0.05) is 0 Å². The zero-order chi connectivity index (χ0) is 15.9. The number of hydrogen-bond acceptors (Lipinski definition) is 4. The highest BCUT2D eigenvalue weighted by Gasteiger charge is 2.28. The monoisotopic (exact) mass is 297 g/mol. The Kier molecular flexibility index (Phi) is 3.42. The molecule has 0 fully saturated rings. The molecular weight excluding hydrogens is 288 g/mol. The summed E-state index contributed by atoms with van der Waals surface area (Å²) in [5.41, 5.74) is -1.65. The number of halogens is 2. The molecule has 110 valence electrons. The molecule has 0 radical (unpaired) electrons. The number of nitro benzene ring substituents is 1. The van der Waals surface area contributed by atoms with Crippen LogP contribution in [0.5, 0.6) is 0 Å². The van der Waals surface area contributed by atoms with Crippen LogP contribution in [-0.2, 0) is 0 Å². The second-order valence-corrected chi connectivity index (χ2v) is 4.25. The number of hydrogen-bond donors (Lipinski definition) is 1. The molecule has 1 aromatic heterocycles. The molecule has 0 spiro atoms. The molecule has 0 unspecified atom stereocenters. The van der Waals surface area contributed by atoms with Crippen LogP contribution in [-0.4, -0.2) is 25.8 Å². The van der Waals surface area contributed by atoms with E-state index in [-0.39, 0.29) is 17.0 Å². The maximum absolute atomic E-state index is 13.9. The zero-order valence-electron chi connectivity index (χ0n) is 10.9. The highest BCUT2D eigenvalue weighted by Crippen LogP contribution is 2.29. The molecule has 0 aliphatic heterocycles. The fourth-order valence-electron chi connectivity index (χ4n) is 2.05. The van der Waals surface area contributed by atoms with Crippen LogP contribution in [0.1, 0.15) is 21.7 Å². The van der Waals surface area contributed by atoms with E-state index in [2.05, 4.69) is 5.10 Å². The van der Waals surface area contributed by atoms with E-state index in [9.17, 15) is 23.7 Å². The molecule has 7 nitrogen and oxygen atoms in total. The van der Waals surface area contributed by atoms with Gasteiger partial charge in [-0.05, 0) is 19.9 Å². The van der Waals surface area contributed by atoms with Crippen molar-refractivity contribution in [3.63, 3.8) is 0 Å². The van der Waals surface area contributed by atoms with Crippen molar-refractivity contribution in [1.29, 1.82) is 0 Å². The summed E-state index contributed by atoms with van der Waals surface area (Å²) in [6, 6.07) is 1.42. The van der Waals surface area contributed by atoms with Gasteiger partial charge < -0.3 is 5.11 Å². The topological polar surface area (TPSA) is 98.3 Å². The minimum atomic E-state index is -1.47. The molecule has 0 aliphatic carbocycles. The molecule has 1 N–H and O–H groups in total. The number of benzene rings is 1. The van der Waals surface area contributed by atoms with Crippen LogP contribution >= 0.6 is 0 Å². The Balaban J connectivity index is 2.85. The Labute approximate surface area is 116 Å². The third-order valence-corrected chi connectivity index (χ3v) is 2.96. The molecule has 21 heavy (non-hydrogen) atoms. The molecule has 0 saturated carbocycles. The summed E-state index contributed by atoms with van der Waals surface area (Å²) in [5.74, 6) is -4.07. The average Bonchev–Trinajstić information content (AvgIpc) is 2.67. The SMILES string of the molecule is Cc1nn(-c2c([N+](=O)[O-])ccc(F)c2F)c(C)c1C(=O)O. The number of aromatic nitrogens is 2. The van der Waals surface area contributed by atoms with E-state index in [1.165, 1.54) is 13.8 Å². The van der Waals surface area contributed by atoms with Crippen molar-refractivity contribution in [2.45, 2.75) is 13.8 Å². The number of carbonyl (C=O) groups is 1. The van der Waals surface area contributed by atoms with E-state index in [0.717, 1.165) is 10.7 Å². The fraction of sp³-hybridized carbons (Fsp3) is 0.167. The molecule has 9 heteroatoms. The first-order valence-corrected chi connectivity index (χ1v) is 5.68. The van der Waals surface area contributed by atoms with Crippen molar-refractivity contribution in [2.24, 2.45) is 0 Å². The average molecular weight is 297 g/mol. The lowest BCUT2D eigenvalue weighted by Crippen LogP contribution is -2.09. The first-order valence-electron chi connectivity index (χ1n) is 5.68. The zero-order valence-corrected chi connectivity index (χ0v) is 10.9. The Morgan fingerprint density at radius 2 is 2.00 bits per heavy atom. The van der Waals surface area contributed by atoms with E-state index in [1.807, 2.05) is 0 Å². The molecule has 0 amide bonds. The highest BCUT2D eigenvalue weighted by atomic mass is 19.2. The van der Waals surface area contributed by atoms with Crippen LogP contribution in [0.3, 0.4) is 0 Å². The maximum Gasteiger partial charge on any atom is 0.339 e. The third kappa shape index (κ3) is 2.22. The lowest BCUT2D eigenvalue weighted by molar-refractivity contribution is -0.384. The molecule has 1 heterocycles. The van der Waals surface area contributed by atoms with Crippen LogP contribution < -0.4 is 0 Å². The number of nitrogens with zero attached hydrogens (tertiary/aromatic N) is 3. The van der Waals surface area contributed by atoms with Gasteiger partial charge in [0, 0.05) is 6.07 Å². The first-order chi connectivity index (χ1) is 9.75. The van der Waals surface area contributed by atoms with Gasteiger partial charge in [0.15, 0.2) is 17.3 Å². The fourth-order valence-corrected chi connectivity index (χ4v) is 2.05. The van der Waals surface area contributed by atoms with Crippen LogP contribution in [0.4, 0.5) is 14.5 Å².